The topological polar surface area (TPSA) is 111 Å². The van der Waals surface area contributed by atoms with Crippen LogP contribution >= 0.6 is 11.6 Å². The number of amides is 1. The van der Waals surface area contributed by atoms with Crippen LogP contribution in [-0.2, 0) is 19.2 Å². The summed E-state index contributed by atoms with van der Waals surface area (Å²) in [6.07, 6.45) is 4.63. The summed E-state index contributed by atoms with van der Waals surface area (Å²) in [5, 5.41) is 18.5. The Morgan fingerprint density at radius 1 is 1.32 bits per heavy atom. The average molecular weight is 487 g/mol. The van der Waals surface area contributed by atoms with Gasteiger partial charge in [-0.25, -0.2) is 9.37 Å². The fourth-order valence-corrected chi connectivity index (χ4v) is 6.12. The maximum Gasteiger partial charge on any atom is 0.274 e. The van der Waals surface area contributed by atoms with Gasteiger partial charge in [-0.3, -0.25) is 9.48 Å². The van der Waals surface area contributed by atoms with Crippen molar-refractivity contribution in [1.29, 1.82) is 0 Å². The number of nitrogens with one attached hydrogen (secondary N) is 1. The van der Waals surface area contributed by atoms with Crippen LogP contribution in [0.5, 0.6) is 0 Å². The van der Waals surface area contributed by atoms with Gasteiger partial charge in [-0.2, -0.15) is 5.10 Å². The van der Waals surface area contributed by atoms with Crippen molar-refractivity contribution in [2.75, 3.05) is 11.1 Å². The predicted molar refractivity (Wildman–Crippen MR) is 127 cm³/mol. The largest absolute Gasteiger partial charge is 0.384 e. The van der Waals surface area contributed by atoms with Gasteiger partial charge in [-0.05, 0) is 62.6 Å². The number of hydrogen-bond acceptors (Lipinski definition) is 5. The van der Waals surface area contributed by atoms with E-state index in [1.165, 1.54) is 18.2 Å². The lowest BCUT2D eigenvalue weighted by Crippen LogP contribution is -2.27. The van der Waals surface area contributed by atoms with Gasteiger partial charge in [0.25, 0.3) is 5.91 Å². The third kappa shape index (κ3) is 3.86. The number of benzene rings is 1. The first-order valence-corrected chi connectivity index (χ1v) is 11.9. The SMILES string of the molecule is CCn1nc(N)cc1C1(O)CC2CC(c3ncn(C)c3C(=O)Nc3ccc(F)c(Cl)c3)CC2C1. The zero-order valence-electron chi connectivity index (χ0n) is 19.1. The number of imidazole rings is 1. The number of aliphatic hydroxyl groups is 1. The van der Waals surface area contributed by atoms with Gasteiger partial charge in [0.15, 0.2) is 0 Å². The Hall–Kier alpha value is -2.91. The molecular weight excluding hydrogens is 459 g/mol. The number of halogens is 2. The van der Waals surface area contributed by atoms with Crippen molar-refractivity contribution in [3.63, 3.8) is 0 Å². The summed E-state index contributed by atoms with van der Waals surface area (Å²) in [6, 6.07) is 5.87. The molecular formula is C24H28ClFN6O2. The van der Waals surface area contributed by atoms with E-state index in [4.69, 9.17) is 17.3 Å². The quantitative estimate of drug-likeness (QED) is 0.503. The highest BCUT2D eigenvalue weighted by molar-refractivity contribution is 6.31. The summed E-state index contributed by atoms with van der Waals surface area (Å²) in [6.45, 7) is 2.64. The second kappa shape index (κ2) is 8.39. The van der Waals surface area contributed by atoms with Crippen molar-refractivity contribution in [2.24, 2.45) is 18.9 Å². The van der Waals surface area contributed by atoms with Crippen molar-refractivity contribution in [3.8, 4) is 0 Å². The average Bonchev–Trinajstić information content (AvgIpc) is 3.52. The number of nitrogen functional groups attached to an aromatic ring is 1. The number of fused-ring (bicyclic) bond motifs is 1. The summed E-state index contributed by atoms with van der Waals surface area (Å²) in [7, 11) is 1.79. The molecule has 0 saturated heterocycles. The Bertz CT molecular complexity index is 1240. The molecule has 5 rings (SSSR count). The van der Waals surface area contributed by atoms with E-state index in [2.05, 4.69) is 15.4 Å². The van der Waals surface area contributed by atoms with Gasteiger partial charge in [0.2, 0.25) is 0 Å². The molecule has 0 bridgehead atoms. The summed E-state index contributed by atoms with van der Waals surface area (Å²) >= 11 is 5.85. The van der Waals surface area contributed by atoms with Crippen LogP contribution < -0.4 is 11.1 Å². The second-order valence-electron chi connectivity index (χ2n) is 9.57. The molecule has 180 valence electrons. The second-order valence-corrected chi connectivity index (χ2v) is 9.98. The van der Waals surface area contributed by atoms with Crippen LogP contribution in [0.3, 0.4) is 0 Å². The number of rotatable bonds is 5. The molecule has 3 aromatic rings. The molecule has 0 spiro atoms. The van der Waals surface area contributed by atoms with Crippen molar-refractivity contribution in [2.45, 2.75) is 50.7 Å². The maximum absolute atomic E-state index is 13.5. The zero-order chi connectivity index (χ0) is 24.2. The summed E-state index contributed by atoms with van der Waals surface area (Å²) in [5.41, 5.74) is 7.41. The number of aromatic nitrogens is 4. The van der Waals surface area contributed by atoms with E-state index in [1.807, 2.05) is 6.92 Å². The van der Waals surface area contributed by atoms with Crippen LogP contribution in [-0.4, -0.2) is 30.3 Å². The first-order chi connectivity index (χ1) is 16.2. The minimum atomic E-state index is -0.937. The highest BCUT2D eigenvalue weighted by Gasteiger charge is 2.51. The zero-order valence-corrected chi connectivity index (χ0v) is 19.9. The molecule has 2 aliphatic carbocycles. The number of carbonyl (C=O) groups excluding carboxylic acids is 1. The number of hydrogen-bond donors (Lipinski definition) is 3. The van der Waals surface area contributed by atoms with E-state index in [9.17, 15) is 14.3 Å². The number of carbonyl (C=O) groups is 1. The highest BCUT2D eigenvalue weighted by atomic mass is 35.5. The fourth-order valence-electron chi connectivity index (χ4n) is 5.94. The first-order valence-electron chi connectivity index (χ1n) is 11.5. The van der Waals surface area contributed by atoms with Gasteiger partial charge >= 0.3 is 0 Å². The van der Waals surface area contributed by atoms with Crippen molar-refractivity contribution >= 4 is 29.0 Å². The van der Waals surface area contributed by atoms with Crippen LogP contribution in [0.25, 0.3) is 0 Å². The summed E-state index contributed by atoms with van der Waals surface area (Å²) in [4.78, 5) is 17.7. The molecule has 34 heavy (non-hydrogen) atoms. The summed E-state index contributed by atoms with van der Waals surface area (Å²) in [5.74, 6) is 0.346. The van der Waals surface area contributed by atoms with E-state index >= 15 is 0 Å². The predicted octanol–water partition coefficient (Wildman–Crippen LogP) is 4.05. The molecule has 2 unspecified atom stereocenters. The molecule has 2 fully saturated rings. The lowest BCUT2D eigenvalue weighted by Gasteiger charge is -2.25. The Balaban J connectivity index is 1.33. The molecule has 10 heteroatoms. The molecule has 2 heterocycles. The number of anilines is 2. The van der Waals surface area contributed by atoms with Gasteiger partial charge in [0.1, 0.15) is 22.9 Å². The third-order valence-electron chi connectivity index (χ3n) is 7.36. The van der Waals surface area contributed by atoms with E-state index in [1.54, 1.807) is 28.7 Å². The normalized spacial score (nSPS) is 26.1. The molecule has 8 nitrogen and oxygen atoms in total. The van der Waals surface area contributed by atoms with Crippen LogP contribution in [0.4, 0.5) is 15.9 Å². The Morgan fingerprint density at radius 2 is 2.03 bits per heavy atom. The standard InChI is InChI=1S/C24H28ClFN6O2/c1-3-32-19(9-20(27)30-32)24(34)10-14-6-13(7-15(14)11-24)21-22(31(2)12-28-21)23(33)29-16-4-5-18(26)17(25)8-16/h4-5,8-9,12-15,34H,3,6-7,10-11H2,1-2H3,(H2,27,30)(H,29,33). The van der Waals surface area contributed by atoms with Crippen molar-refractivity contribution in [3.05, 3.63) is 58.5 Å². The van der Waals surface area contributed by atoms with Crippen LogP contribution in [0.1, 0.15) is 60.4 Å². The fraction of sp³-hybridized carbons (Fsp3) is 0.458. The van der Waals surface area contributed by atoms with E-state index < -0.39 is 11.4 Å². The summed E-state index contributed by atoms with van der Waals surface area (Å²) < 4.78 is 17.0. The minimum Gasteiger partial charge on any atom is -0.384 e. The first kappa shape index (κ1) is 22.9. The van der Waals surface area contributed by atoms with Crippen LogP contribution in [0, 0.1) is 17.7 Å². The molecule has 4 N–H and O–H groups in total. The molecule has 2 aliphatic rings. The van der Waals surface area contributed by atoms with Gasteiger partial charge < -0.3 is 20.7 Å². The van der Waals surface area contributed by atoms with Gasteiger partial charge in [0.05, 0.1) is 22.7 Å². The molecule has 2 aromatic heterocycles. The molecule has 0 radical (unpaired) electrons. The highest BCUT2D eigenvalue weighted by Crippen LogP contribution is 2.57. The number of nitrogens with zero attached hydrogens (tertiary/aromatic N) is 4. The molecule has 1 aromatic carbocycles. The smallest absolute Gasteiger partial charge is 0.274 e. The van der Waals surface area contributed by atoms with Crippen LogP contribution in [0.15, 0.2) is 30.6 Å². The van der Waals surface area contributed by atoms with Gasteiger partial charge in [-0.1, -0.05) is 11.6 Å². The maximum atomic E-state index is 13.5. The Labute approximate surface area is 201 Å². The third-order valence-corrected chi connectivity index (χ3v) is 7.65. The van der Waals surface area contributed by atoms with E-state index in [0.717, 1.165) is 24.2 Å². The number of aryl methyl sites for hydroxylation is 2. The van der Waals surface area contributed by atoms with Crippen LogP contribution in [0.2, 0.25) is 5.02 Å². The molecule has 2 atom stereocenters. The van der Waals surface area contributed by atoms with Crippen molar-refractivity contribution < 1.29 is 14.3 Å². The van der Waals surface area contributed by atoms with Gasteiger partial charge in [-0.15, -0.1) is 0 Å². The van der Waals surface area contributed by atoms with E-state index in [-0.39, 0.29) is 16.8 Å². The Kier molecular flexibility index (Phi) is 5.64. The van der Waals surface area contributed by atoms with E-state index in [0.29, 0.717) is 48.4 Å². The molecule has 1 amide bonds. The monoisotopic (exact) mass is 486 g/mol. The van der Waals surface area contributed by atoms with Crippen molar-refractivity contribution in [1.82, 2.24) is 19.3 Å². The lowest BCUT2D eigenvalue weighted by atomic mass is 9.90. The molecule has 0 aliphatic heterocycles. The molecule has 2 saturated carbocycles. The Morgan fingerprint density at radius 3 is 2.68 bits per heavy atom. The lowest BCUT2D eigenvalue weighted by molar-refractivity contribution is 0.0255. The minimum absolute atomic E-state index is 0.0506. The van der Waals surface area contributed by atoms with Gasteiger partial charge in [0, 0.05) is 31.3 Å². The number of nitrogens with two attached hydrogens (primary N) is 1.